The highest BCUT2D eigenvalue weighted by atomic mass is 14.9. The van der Waals surface area contributed by atoms with Crippen LogP contribution in [0.1, 0.15) is 23.7 Å². The maximum absolute atomic E-state index is 4.78. The number of aromatic nitrogens is 1. The van der Waals surface area contributed by atoms with Gasteiger partial charge in [-0.1, -0.05) is 36.4 Å². The Morgan fingerprint density at radius 2 is 1.94 bits per heavy atom. The number of hydrogen-bond acceptors (Lipinski definition) is 2. The zero-order chi connectivity index (χ0) is 11.7. The molecule has 1 aromatic heterocycles. The van der Waals surface area contributed by atoms with E-state index in [1.807, 2.05) is 13.1 Å². The predicted octanol–water partition coefficient (Wildman–Crippen LogP) is 2.96. The Balaban J connectivity index is 2.01. The van der Waals surface area contributed by atoms with Gasteiger partial charge in [0.05, 0.1) is 5.69 Å². The molecule has 2 aromatic rings. The maximum Gasteiger partial charge on any atom is 0.0705 e. The summed E-state index contributed by atoms with van der Waals surface area (Å²) in [6.45, 7) is 0. The third kappa shape index (κ3) is 1.85. The van der Waals surface area contributed by atoms with Gasteiger partial charge in [-0.3, -0.25) is 4.98 Å². The summed E-state index contributed by atoms with van der Waals surface area (Å²) in [4.78, 5) is 4.78. The van der Waals surface area contributed by atoms with E-state index in [-0.39, 0.29) is 0 Å². The Hall–Kier alpha value is -1.67. The molecule has 1 atom stereocenters. The van der Waals surface area contributed by atoms with Gasteiger partial charge < -0.3 is 5.32 Å². The van der Waals surface area contributed by atoms with Crippen LogP contribution in [0.5, 0.6) is 0 Å². The molecule has 0 amide bonds. The molecule has 0 radical (unpaired) electrons. The maximum atomic E-state index is 4.78. The minimum atomic E-state index is 0.488. The largest absolute Gasteiger partial charge is 0.313 e. The van der Waals surface area contributed by atoms with E-state index in [1.165, 1.54) is 16.8 Å². The number of nitrogens with zero attached hydrogens (tertiary/aromatic N) is 1. The van der Waals surface area contributed by atoms with Crippen LogP contribution < -0.4 is 5.32 Å². The lowest BCUT2D eigenvalue weighted by Crippen LogP contribution is -2.12. The van der Waals surface area contributed by atoms with E-state index in [0.29, 0.717) is 6.04 Å². The van der Waals surface area contributed by atoms with Gasteiger partial charge in [-0.2, -0.15) is 0 Å². The smallest absolute Gasteiger partial charge is 0.0705 e. The van der Waals surface area contributed by atoms with Crippen molar-refractivity contribution in [1.29, 1.82) is 0 Å². The molecule has 86 valence electrons. The van der Waals surface area contributed by atoms with Crippen LogP contribution in [-0.2, 0) is 6.42 Å². The number of hydrogen-bond donors (Lipinski definition) is 1. The Bertz CT molecular complexity index is 520. The SMILES string of the molecule is CNC1CCc2nc(-c3ccccc3)ccc21. The molecule has 1 aromatic carbocycles. The lowest BCUT2D eigenvalue weighted by atomic mass is 10.1. The topological polar surface area (TPSA) is 24.9 Å². The van der Waals surface area contributed by atoms with Crippen molar-refractivity contribution < 1.29 is 0 Å². The van der Waals surface area contributed by atoms with Crippen molar-refractivity contribution in [1.82, 2.24) is 10.3 Å². The number of fused-ring (bicyclic) bond motifs is 1. The average Bonchev–Trinajstić information content (AvgIpc) is 2.81. The van der Waals surface area contributed by atoms with Crippen LogP contribution >= 0.6 is 0 Å². The van der Waals surface area contributed by atoms with Crippen molar-refractivity contribution in [2.24, 2.45) is 0 Å². The van der Waals surface area contributed by atoms with Gasteiger partial charge in [0.1, 0.15) is 0 Å². The molecule has 0 aliphatic heterocycles. The molecule has 17 heavy (non-hydrogen) atoms. The van der Waals surface area contributed by atoms with E-state index in [9.17, 15) is 0 Å². The fraction of sp³-hybridized carbons (Fsp3) is 0.267. The molecular formula is C15H16N2. The van der Waals surface area contributed by atoms with E-state index in [0.717, 1.165) is 18.5 Å². The fourth-order valence-electron chi connectivity index (χ4n) is 2.54. The van der Waals surface area contributed by atoms with Crippen molar-refractivity contribution in [3.8, 4) is 11.3 Å². The molecule has 0 fully saturated rings. The molecule has 0 spiro atoms. The zero-order valence-electron chi connectivity index (χ0n) is 9.98. The van der Waals surface area contributed by atoms with Gasteiger partial charge in [-0.25, -0.2) is 0 Å². The number of nitrogens with one attached hydrogen (secondary N) is 1. The van der Waals surface area contributed by atoms with Gasteiger partial charge in [0.15, 0.2) is 0 Å². The highest BCUT2D eigenvalue weighted by Gasteiger charge is 2.22. The summed E-state index contributed by atoms with van der Waals surface area (Å²) in [5, 5.41) is 3.34. The van der Waals surface area contributed by atoms with Gasteiger partial charge in [0.2, 0.25) is 0 Å². The first-order chi connectivity index (χ1) is 8.38. The quantitative estimate of drug-likeness (QED) is 0.848. The molecule has 1 N–H and O–H groups in total. The Labute approximate surface area is 102 Å². The third-order valence-electron chi connectivity index (χ3n) is 3.47. The molecule has 1 unspecified atom stereocenters. The minimum Gasteiger partial charge on any atom is -0.313 e. The van der Waals surface area contributed by atoms with Crippen molar-refractivity contribution in [2.75, 3.05) is 7.05 Å². The van der Waals surface area contributed by atoms with Crippen molar-refractivity contribution >= 4 is 0 Å². The van der Waals surface area contributed by atoms with Crippen LogP contribution in [0.15, 0.2) is 42.5 Å². The van der Waals surface area contributed by atoms with Crippen LogP contribution in [0.25, 0.3) is 11.3 Å². The zero-order valence-corrected chi connectivity index (χ0v) is 9.98. The Morgan fingerprint density at radius 3 is 2.71 bits per heavy atom. The molecule has 1 aliphatic carbocycles. The predicted molar refractivity (Wildman–Crippen MR) is 69.8 cm³/mol. The lowest BCUT2D eigenvalue weighted by Gasteiger charge is -2.10. The van der Waals surface area contributed by atoms with Crippen LogP contribution in [-0.4, -0.2) is 12.0 Å². The monoisotopic (exact) mass is 224 g/mol. The highest BCUT2D eigenvalue weighted by Crippen LogP contribution is 2.31. The number of rotatable bonds is 2. The normalized spacial score (nSPS) is 18.1. The van der Waals surface area contributed by atoms with Gasteiger partial charge in [-0.15, -0.1) is 0 Å². The number of aryl methyl sites for hydroxylation is 1. The van der Waals surface area contributed by atoms with Gasteiger partial charge >= 0.3 is 0 Å². The molecule has 0 saturated carbocycles. The molecular weight excluding hydrogens is 208 g/mol. The average molecular weight is 224 g/mol. The van der Waals surface area contributed by atoms with Crippen molar-refractivity contribution in [3.63, 3.8) is 0 Å². The fourth-order valence-corrected chi connectivity index (χ4v) is 2.54. The number of pyridine rings is 1. The standard InChI is InChI=1S/C15H16N2/c1-16-14-9-10-15-12(14)7-8-13(17-15)11-5-3-2-4-6-11/h2-8,14,16H,9-10H2,1H3. The van der Waals surface area contributed by atoms with E-state index in [4.69, 9.17) is 4.98 Å². The Morgan fingerprint density at radius 1 is 1.12 bits per heavy atom. The second-order valence-electron chi connectivity index (χ2n) is 4.48. The summed E-state index contributed by atoms with van der Waals surface area (Å²) in [6, 6.07) is 15.2. The lowest BCUT2D eigenvalue weighted by molar-refractivity contribution is 0.590. The first kappa shape index (κ1) is 10.5. The van der Waals surface area contributed by atoms with Gasteiger partial charge in [0.25, 0.3) is 0 Å². The second kappa shape index (κ2) is 4.30. The summed E-state index contributed by atoms with van der Waals surface area (Å²) in [5.41, 5.74) is 4.90. The van der Waals surface area contributed by atoms with E-state index in [2.05, 4.69) is 41.7 Å². The Kier molecular flexibility index (Phi) is 2.65. The summed E-state index contributed by atoms with van der Waals surface area (Å²) >= 11 is 0. The highest BCUT2D eigenvalue weighted by molar-refractivity contribution is 5.59. The first-order valence-electron chi connectivity index (χ1n) is 6.11. The summed E-state index contributed by atoms with van der Waals surface area (Å²) in [6.07, 6.45) is 2.25. The molecule has 0 bridgehead atoms. The van der Waals surface area contributed by atoms with Crippen molar-refractivity contribution in [3.05, 3.63) is 53.7 Å². The first-order valence-corrected chi connectivity index (χ1v) is 6.11. The second-order valence-corrected chi connectivity index (χ2v) is 4.48. The van der Waals surface area contributed by atoms with Crippen LogP contribution in [0.2, 0.25) is 0 Å². The molecule has 2 heteroatoms. The van der Waals surface area contributed by atoms with Gasteiger partial charge in [0, 0.05) is 17.3 Å². The van der Waals surface area contributed by atoms with Crippen LogP contribution in [0.3, 0.4) is 0 Å². The van der Waals surface area contributed by atoms with E-state index < -0.39 is 0 Å². The van der Waals surface area contributed by atoms with Crippen molar-refractivity contribution in [2.45, 2.75) is 18.9 Å². The van der Waals surface area contributed by atoms with Crippen LogP contribution in [0, 0.1) is 0 Å². The van der Waals surface area contributed by atoms with Gasteiger partial charge in [-0.05, 0) is 31.5 Å². The third-order valence-corrected chi connectivity index (χ3v) is 3.47. The van der Waals surface area contributed by atoms with E-state index >= 15 is 0 Å². The number of benzene rings is 1. The summed E-state index contributed by atoms with van der Waals surface area (Å²) < 4.78 is 0. The summed E-state index contributed by atoms with van der Waals surface area (Å²) in [7, 11) is 2.02. The molecule has 3 rings (SSSR count). The molecule has 0 saturated heterocycles. The van der Waals surface area contributed by atoms with E-state index in [1.54, 1.807) is 0 Å². The summed E-state index contributed by atoms with van der Waals surface area (Å²) in [5.74, 6) is 0. The molecule has 1 heterocycles. The van der Waals surface area contributed by atoms with Crippen LogP contribution in [0.4, 0.5) is 0 Å². The molecule has 1 aliphatic rings. The minimum absolute atomic E-state index is 0.488. The molecule has 2 nitrogen and oxygen atoms in total.